The minimum Gasteiger partial charge on any atom is -0.438 e. The molecule has 2 aromatic rings. The summed E-state index contributed by atoms with van der Waals surface area (Å²) in [7, 11) is -4.07. The van der Waals surface area contributed by atoms with E-state index in [4.69, 9.17) is 9.29 Å². The summed E-state index contributed by atoms with van der Waals surface area (Å²) in [6.07, 6.45) is 0.629. The Balaban J connectivity index is 1.80. The fourth-order valence-electron chi connectivity index (χ4n) is 3.75. The summed E-state index contributed by atoms with van der Waals surface area (Å²) in [6, 6.07) is 17.0. The van der Waals surface area contributed by atoms with Crippen molar-refractivity contribution < 1.29 is 22.5 Å². The van der Waals surface area contributed by atoms with Gasteiger partial charge in [0.05, 0.1) is 11.8 Å². The molecule has 1 amide bonds. The normalized spacial score (nSPS) is 20.9. The molecule has 0 aliphatic carbocycles. The maximum Gasteiger partial charge on any atom is 0.411 e. The lowest BCUT2D eigenvalue weighted by atomic mass is 9.84. The number of cyclic esters (lactones) is 1. The molecule has 0 bridgehead atoms. The first kappa shape index (κ1) is 21.8. The third kappa shape index (κ3) is 5.38. The molecule has 1 heterocycles. The van der Waals surface area contributed by atoms with Gasteiger partial charge in [-0.1, -0.05) is 58.4 Å². The Morgan fingerprint density at radius 3 is 2.41 bits per heavy atom. The molecule has 1 N–H and O–H groups in total. The number of nitrogens with zero attached hydrogens (tertiary/aromatic N) is 1. The SMILES string of the molecule is C[C@@H](c1ccc(Br)cc1)N1CCC(CCCS(=O)(=O)O)(c2ccccc2)OC1=O. The molecule has 1 saturated heterocycles. The van der Waals surface area contributed by atoms with Crippen molar-refractivity contribution in [1.29, 1.82) is 0 Å². The molecule has 1 aliphatic rings. The Morgan fingerprint density at radius 2 is 1.83 bits per heavy atom. The molecule has 156 valence electrons. The van der Waals surface area contributed by atoms with E-state index in [1.54, 1.807) is 4.90 Å². The maximum atomic E-state index is 13.0. The van der Waals surface area contributed by atoms with E-state index < -0.39 is 21.8 Å². The average molecular weight is 482 g/mol. The number of carbonyl (C=O) groups excluding carboxylic acids is 1. The van der Waals surface area contributed by atoms with Gasteiger partial charge in [0.1, 0.15) is 5.60 Å². The molecule has 1 aliphatic heterocycles. The third-order valence-corrected chi connectivity index (χ3v) is 6.71. The van der Waals surface area contributed by atoms with Crippen LogP contribution < -0.4 is 0 Å². The van der Waals surface area contributed by atoms with Crippen molar-refractivity contribution in [3.05, 3.63) is 70.2 Å². The fraction of sp³-hybridized carbons (Fsp3) is 0.381. The molecular formula is C21H24BrNO5S. The van der Waals surface area contributed by atoms with Crippen molar-refractivity contribution in [3.8, 4) is 0 Å². The van der Waals surface area contributed by atoms with E-state index in [0.29, 0.717) is 19.4 Å². The highest BCUT2D eigenvalue weighted by Crippen LogP contribution is 2.40. The molecular weight excluding hydrogens is 458 g/mol. The van der Waals surface area contributed by atoms with Crippen molar-refractivity contribution in [2.75, 3.05) is 12.3 Å². The first-order chi connectivity index (χ1) is 13.7. The minimum absolute atomic E-state index is 0.151. The van der Waals surface area contributed by atoms with Gasteiger partial charge < -0.3 is 9.64 Å². The number of benzene rings is 2. The highest BCUT2D eigenvalue weighted by atomic mass is 79.9. The van der Waals surface area contributed by atoms with Crippen molar-refractivity contribution >= 4 is 32.1 Å². The molecule has 1 fully saturated rings. The van der Waals surface area contributed by atoms with E-state index in [1.807, 2.05) is 61.5 Å². The van der Waals surface area contributed by atoms with Gasteiger partial charge in [0.25, 0.3) is 10.1 Å². The molecule has 2 aromatic carbocycles. The molecule has 0 spiro atoms. The molecule has 1 unspecified atom stereocenters. The second-order valence-electron chi connectivity index (χ2n) is 7.29. The van der Waals surface area contributed by atoms with Gasteiger partial charge in [-0.15, -0.1) is 0 Å². The summed E-state index contributed by atoms with van der Waals surface area (Å²) in [4.78, 5) is 14.6. The van der Waals surface area contributed by atoms with Crippen LogP contribution in [0.15, 0.2) is 59.1 Å². The van der Waals surface area contributed by atoms with Crippen LogP contribution in [0.5, 0.6) is 0 Å². The zero-order chi connectivity index (χ0) is 21.1. The van der Waals surface area contributed by atoms with E-state index >= 15 is 0 Å². The topological polar surface area (TPSA) is 83.9 Å². The second-order valence-corrected chi connectivity index (χ2v) is 9.78. The maximum absolute atomic E-state index is 13.0. The highest BCUT2D eigenvalue weighted by Gasteiger charge is 2.43. The zero-order valence-electron chi connectivity index (χ0n) is 16.1. The molecule has 0 saturated carbocycles. The highest BCUT2D eigenvalue weighted by molar-refractivity contribution is 9.10. The standard InChI is InChI=1S/C21H24BrNO5S/c1-16(17-8-10-19(22)11-9-17)23-14-13-21(28-20(23)24,12-5-15-29(25,26)27)18-6-3-2-4-7-18/h2-4,6-11,16H,5,12-15H2,1H3,(H,25,26,27)/t16-,21?/m0/s1. The van der Waals surface area contributed by atoms with Gasteiger partial charge in [0, 0.05) is 17.4 Å². The summed E-state index contributed by atoms with van der Waals surface area (Å²) in [6.45, 7) is 2.44. The van der Waals surface area contributed by atoms with Gasteiger partial charge in [-0.3, -0.25) is 4.55 Å². The molecule has 29 heavy (non-hydrogen) atoms. The smallest absolute Gasteiger partial charge is 0.411 e. The van der Waals surface area contributed by atoms with Crippen LogP contribution in [0.2, 0.25) is 0 Å². The van der Waals surface area contributed by atoms with Gasteiger partial charge in [0.2, 0.25) is 0 Å². The van der Waals surface area contributed by atoms with Gasteiger partial charge in [0.15, 0.2) is 0 Å². The van der Waals surface area contributed by atoms with Gasteiger partial charge in [-0.25, -0.2) is 4.79 Å². The van der Waals surface area contributed by atoms with Crippen LogP contribution >= 0.6 is 15.9 Å². The Kier molecular flexibility index (Phi) is 6.65. The Morgan fingerprint density at radius 1 is 1.17 bits per heavy atom. The van der Waals surface area contributed by atoms with Crippen LogP contribution in [0.3, 0.4) is 0 Å². The summed E-state index contributed by atoms with van der Waals surface area (Å²) in [5.74, 6) is -0.363. The predicted octanol–water partition coefficient (Wildman–Crippen LogP) is 4.92. The van der Waals surface area contributed by atoms with E-state index in [-0.39, 0.29) is 18.2 Å². The third-order valence-electron chi connectivity index (χ3n) is 5.38. The number of halogens is 1. The Bertz CT molecular complexity index is 949. The quantitative estimate of drug-likeness (QED) is 0.567. The summed E-state index contributed by atoms with van der Waals surface area (Å²) >= 11 is 3.42. The number of ether oxygens (including phenoxy) is 1. The molecule has 0 radical (unpaired) electrons. The van der Waals surface area contributed by atoms with Crippen molar-refractivity contribution in [1.82, 2.24) is 4.90 Å². The first-order valence-electron chi connectivity index (χ1n) is 9.46. The number of amides is 1. The number of hydrogen-bond acceptors (Lipinski definition) is 4. The van der Waals surface area contributed by atoms with Gasteiger partial charge in [-0.2, -0.15) is 8.42 Å². The number of carbonyl (C=O) groups is 1. The largest absolute Gasteiger partial charge is 0.438 e. The fourth-order valence-corrected chi connectivity index (χ4v) is 4.52. The van der Waals surface area contributed by atoms with Crippen molar-refractivity contribution in [2.45, 2.75) is 37.8 Å². The van der Waals surface area contributed by atoms with E-state index in [2.05, 4.69) is 15.9 Å². The van der Waals surface area contributed by atoms with Crippen molar-refractivity contribution in [3.63, 3.8) is 0 Å². The predicted molar refractivity (Wildman–Crippen MR) is 114 cm³/mol. The van der Waals surface area contributed by atoms with Crippen LogP contribution in [-0.2, 0) is 20.5 Å². The molecule has 0 aromatic heterocycles. The first-order valence-corrected chi connectivity index (χ1v) is 11.9. The number of hydrogen-bond donors (Lipinski definition) is 1. The van der Waals surface area contributed by atoms with Crippen LogP contribution in [0, 0.1) is 0 Å². The second kappa shape index (κ2) is 8.85. The molecule has 8 heteroatoms. The zero-order valence-corrected chi connectivity index (χ0v) is 18.5. The van der Waals surface area contributed by atoms with E-state index in [1.165, 1.54) is 0 Å². The Hall–Kier alpha value is -1.90. The van der Waals surface area contributed by atoms with Gasteiger partial charge >= 0.3 is 6.09 Å². The summed E-state index contributed by atoms with van der Waals surface area (Å²) in [5, 5.41) is 0. The molecule has 6 nitrogen and oxygen atoms in total. The van der Waals surface area contributed by atoms with Crippen molar-refractivity contribution in [2.24, 2.45) is 0 Å². The lowest BCUT2D eigenvalue weighted by Crippen LogP contribution is -2.48. The van der Waals surface area contributed by atoms with E-state index in [0.717, 1.165) is 15.6 Å². The monoisotopic (exact) mass is 481 g/mol. The lowest BCUT2D eigenvalue weighted by Gasteiger charge is -2.43. The Labute approximate surface area is 179 Å². The van der Waals surface area contributed by atoms with Crippen LogP contribution in [0.25, 0.3) is 0 Å². The molecule has 3 rings (SSSR count). The molecule has 2 atom stereocenters. The lowest BCUT2D eigenvalue weighted by molar-refractivity contribution is -0.0657. The van der Waals surface area contributed by atoms with Crippen LogP contribution in [0.4, 0.5) is 4.79 Å². The number of rotatable bonds is 7. The average Bonchev–Trinajstić information content (AvgIpc) is 2.68. The van der Waals surface area contributed by atoms with Crippen LogP contribution in [0.1, 0.15) is 43.4 Å². The van der Waals surface area contributed by atoms with E-state index in [9.17, 15) is 13.2 Å². The minimum atomic E-state index is -4.07. The summed E-state index contributed by atoms with van der Waals surface area (Å²) in [5.41, 5.74) is 0.933. The van der Waals surface area contributed by atoms with Gasteiger partial charge in [-0.05, 0) is 43.0 Å². The van der Waals surface area contributed by atoms with Crippen LogP contribution in [-0.4, -0.2) is 36.3 Å². The summed E-state index contributed by atoms with van der Waals surface area (Å²) < 4.78 is 38.3.